The molecule has 4 aromatic rings. The molecule has 1 amide bonds. The second kappa shape index (κ2) is 10.4. The monoisotopic (exact) mass is 460 g/mol. The zero-order valence-electron chi connectivity index (χ0n) is 19.6. The maximum atomic E-state index is 12.9. The Morgan fingerprint density at radius 1 is 1.00 bits per heavy atom. The van der Waals surface area contributed by atoms with Gasteiger partial charge >= 0.3 is 0 Å². The average molecular weight is 461 g/mol. The Labute approximate surface area is 198 Å². The van der Waals surface area contributed by atoms with Gasteiger partial charge in [-0.15, -0.1) is 0 Å². The van der Waals surface area contributed by atoms with Crippen LogP contribution in [0, 0.1) is 0 Å². The van der Waals surface area contributed by atoms with Crippen LogP contribution in [0.15, 0.2) is 55.1 Å². The zero-order chi connectivity index (χ0) is 24.1. The predicted octanol–water partition coefficient (Wildman–Crippen LogP) is 3.11. The number of carbonyl (C=O) groups excluding carboxylic acids is 1. The number of ether oxygens (including phenoxy) is 2. The summed E-state index contributed by atoms with van der Waals surface area (Å²) in [5, 5.41) is 5.16. The van der Waals surface area contributed by atoms with Crippen LogP contribution in [0.4, 0.5) is 5.82 Å². The Bertz CT molecular complexity index is 1290. The third-order valence-corrected chi connectivity index (χ3v) is 5.66. The van der Waals surface area contributed by atoms with E-state index in [0.717, 1.165) is 27.6 Å². The molecule has 0 fully saturated rings. The number of aromatic nitrogens is 4. The Morgan fingerprint density at radius 3 is 2.47 bits per heavy atom. The minimum absolute atomic E-state index is 0.131. The van der Waals surface area contributed by atoms with E-state index < -0.39 is 0 Å². The SMILES string of the molecule is COCCN(C)C(=O)c1cnc2c(N)ncc(-c3ccc(-c4cnn(CCOC)c4)cc3)c2c1. The van der Waals surface area contributed by atoms with E-state index in [1.165, 1.54) is 0 Å². The molecule has 1 aromatic carbocycles. The minimum Gasteiger partial charge on any atom is -0.383 e. The van der Waals surface area contributed by atoms with Gasteiger partial charge in [0.25, 0.3) is 5.91 Å². The lowest BCUT2D eigenvalue weighted by Crippen LogP contribution is -2.30. The van der Waals surface area contributed by atoms with E-state index in [1.54, 1.807) is 38.6 Å². The van der Waals surface area contributed by atoms with Gasteiger partial charge in [0.05, 0.1) is 31.5 Å². The number of fused-ring (bicyclic) bond motifs is 1. The van der Waals surface area contributed by atoms with Gasteiger partial charge in [-0.3, -0.25) is 14.5 Å². The minimum atomic E-state index is -0.131. The molecule has 0 spiro atoms. The number of nitrogen functional groups attached to an aromatic ring is 1. The molecule has 0 radical (unpaired) electrons. The molecule has 4 rings (SSSR count). The largest absolute Gasteiger partial charge is 0.383 e. The summed E-state index contributed by atoms with van der Waals surface area (Å²) in [6.07, 6.45) is 7.10. The quantitative estimate of drug-likeness (QED) is 0.409. The second-order valence-corrected chi connectivity index (χ2v) is 7.96. The molecule has 0 bridgehead atoms. The Hall–Kier alpha value is -3.82. The summed E-state index contributed by atoms with van der Waals surface area (Å²) in [5.74, 6) is 0.194. The number of pyridine rings is 2. The number of anilines is 1. The summed E-state index contributed by atoms with van der Waals surface area (Å²) in [7, 11) is 5.02. The van der Waals surface area contributed by atoms with Crippen molar-refractivity contribution < 1.29 is 14.3 Å². The van der Waals surface area contributed by atoms with Crippen LogP contribution in [0.5, 0.6) is 0 Å². The molecular weight excluding hydrogens is 432 g/mol. The number of hydrogen-bond acceptors (Lipinski definition) is 7. The molecule has 3 heterocycles. The summed E-state index contributed by atoms with van der Waals surface area (Å²) in [5.41, 5.74) is 11.0. The fourth-order valence-corrected chi connectivity index (χ4v) is 3.70. The normalized spacial score (nSPS) is 11.1. The topological polar surface area (TPSA) is 108 Å². The Kier molecular flexibility index (Phi) is 7.15. The highest BCUT2D eigenvalue weighted by Crippen LogP contribution is 2.31. The Balaban J connectivity index is 1.66. The number of likely N-dealkylation sites (N-methyl/N-ethyl adjacent to an activating group) is 1. The van der Waals surface area contributed by atoms with Crippen molar-refractivity contribution in [2.45, 2.75) is 6.54 Å². The highest BCUT2D eigenvalue weighted by Gasteiger charge is 2.16. The molecule has 0 atom stereocenters. The first-order valence-electron chi connectivity index (χ1n) is 10.9. The van der Waals surface area contributed by atoms with Gasteiger partial charge < -0.3 is 20.1 Å². The highest BCUT2D eigenvalue weighted by atomic mass is 16.5. The molecule has 2 N–H and O–H groups in total. The van der Waals surface area contributed by atoms with Gasteiger partial charge in [0.15, 0.2) is 0 Å². The molecule has 0 aliphatic heterocycles. The van der Waals surface area contributed by atoms with Gasteiger partial charge in [0, 0.05) is 62.9 Å². The number of nitrogens with two attached hydrogens (primary N) is 1. The van der Waals surface area contributed by atoms with Gasteiger partial charge in [-0.2, -0.15) is 5.10 Å². The van der Waals surface area contributed by atoms with Crippen LogP contribution in [0.1, 0.15) is 10.4 Å². The fraction of sp³-hybridized carbons (Fsp3) is 0.280. The van der Waals surface area contributed by atoms with Crippen LogP contribution < -0.4 is 5.73 Å². The third kappa shape index (κ3) is 4.90. The van der Waals surface area contributed by atoms with Crippen molar-refractivity contribution in [2.24, 2.45) is 0 Å². The number of carbonyl (C=O) groups is 1. The summed E-state index contributed by atoms with van der Waals surface area (Å²) >= 11 is 0. The van der Waals surface area contributed by atoms with Gasteiger partial charge in [0.2, 0.25) is 0 Å². The van der Waals surface area contributed by atoms with E-state index in [0.29, 0.717) is 43.2 Å². The van der Waals surface area contributed by atoms with Gasteiger partial charge in [-0.05, 0) is 17.2 Å². The summed E-state index contributed by atoms with van der Waals surface area (Å²) in [6.45, 7) is 2.26. The molecule has 0 aliphatic rings. The molecular formula is C25H28N6O3. The molecule has 34 heavy (non-hydrogen) atoms. The number of benzene rings is 1. The van der Waals surface area contributed by atoms with Crippen molar-refractivity contribution in [3.63, 3.8) is 0 Å². The van der Waals surface area contributed by atoms with Crippen molar-refractivity contribution in [3.05, 3.63) is 60.7 Å². The Morgan fingerprint density at radius 2 is 1.74 bits per heavy atom. The standard InChI is InChI=1S/C25H28N6O3/c1-30(8-10-33-2)25(32)19-12-21-22(15-28-24(26)23(21)27-13-19)18-6-4-17(5-7-18)20-14-29-31(16-20)9-11-34-3/h4-7,12-16H,8-11H2,1-3H3,(H2,26,28). The fourth-order valence-electron chi connectivity index (χ4n) is 3.70. The zero-order valence-corrected chi connectivity index (χ0v) is 19.6. The van der Waals surface area contributed by atoms with Crippen LogP contribution in [-0.4, -0.2) is 71.6 Å². The van der Waals surface area contributed by atoms with Crippen molar-refractivity contribution in [1.29, 1.82) is 0 Å². The maximum Gasteiger partial charge on any atom is 0.255 e. The number of methoxy groups -OCH3 is 2. The van der Waals surface area contributed by atoms with E-state index in [2.05, 4.69) is 15.1 Å². The van der Waals surface area contributed by atoms with Crippen molar-refractivity contribution in [2.75, 3.05) is 46.8 Å². The van der Waals surface area contributed by atoms with Crippen molar-refractivity contribution in [3.8, 4) is 22.3 Å². The summed E-state index contributed by atoms with van der Waals surface area (Å²) in [6, 6.07) is 9.95. The summed E-state index contributed by atoms with van der Waals surface area (Å²) in [4.78, 5) is 23.3. The smallest absolute Gasteiger partial charge is 0.255 e. The number of amides is 1. The lowest BCUT2D eigenvalue weighted by atomic mass is 9.99. The second-order valence-electron chi connectivity index (χ2n) is 7.96. The molecule has 3 aromatic heterocycles. The van der Waals surface area contributed by atoms with Gasteiger partial charge in [0.1, 0.15) is 11.3 Å². The van der Waals surface area contributed by atoms with E-state index in [4.69, 9.17) is 15.2 Å². The van der Waals surface area contributed by atoms with E-state index in [1.807, 2.05) is 47.4 Å². The lowest BCUT2D eigenvalue weighted by Gasteiger charge is -2.17. The first-order valence-corrected chi connectivity index (χ1v) is 10.9. The average Bonchev–Trinajstić information content (AvgIpc) is 3.34. The predicted molar refractivity (Wildman–Crippen MR) is 131 cm³/mol. The number of hydrogen-bond donors (Lipinski definition) is 1. The highest BCUT2D eigenvalue weighted by molar-refractivity contribution is 6.03. The van der Waals surface area contributed by atoms with Gasteiger partial charge in [-0.1, -0.05) is 24.3 Å². The van der Waals surface area contributed by atoms with E-state index >= 15 is 0 Å². The van der Waals surface area contributed by atoms with Crippen molar-refractivity contribution in [1.82, 2.24) is 24.6 Å². The lowest BCUT2D eigenvalue weighted by molar-refractivity contribution is 0.0744. The molecule has 0 saturated heterocycles. The van der Waals surface area contributed by atoms with Crippen LogP contribution in [0.25, 0.3) is 33.2 Å². The van der Waals surface area contributed by atoms with Gasteiger partial charge in [-0.25, -0.2) is 4.98 Å². The third-order valence-electron chi connectivity index (χ3n) is 5.66. The van der Waals surface area contributed by atoms with E-state index in [-0.39, 0.29) is 5.91 Å². The number of nitrogens with zero attached hydrogens (tertiary/aromatic N) is 5. The molecule has 9 heteroatoms. The molecule has 0 aliphatic carbocycles. The first kappa shape index (κ1) is 23.3. The molecule has 176 valence electrons. The summed E-state index contributed by atoms with van der Waals surface area (Å²) < 4.78 is 12.0. The van der Waals surface area contributed by atoms with Crippen LogP contribution >= 0.6 is 0 Å². The van der Waals surface area contributed by atoms with Crippen LogP contribution in [-0.2, 0) is 16.0 Å². The van der Waals surface area contributed by atoms with E-state index in [9.17, 15) is 4.79 Å². The number of rotatable bonds is 9. The molecule has 9 nitrogen and oxygen atoms in total. The van der Waals surface area contributed by atoms with Crippen LogP contribution in [0.3, 0.4) is 0 Å². The van der Waals surface area contributed by atoms with Crippen molar-refractivity contribution >= 4 is 22.6 Å². The maximum absolute atomic E-state index is 12.9. The molecule has 0 saturated carbocycles. The first-order chi connectivity index (χ1) is 16.5. The van der Waals surface area contributed by atoms with Crippen LogP contribution in [0.2, 0.25) is 0 Å². The molecule has 0 unspecified atom stereocenters.